The van der Waals surface area contributed by atoms with Crippen LogP contribution in [-0.2, 0) is 0 Å². The van der Waals surface area contributed by atoms with Crippen molar-refractivity contribution >= 4 is 0 Å². The van der Waals surface area contributed by atoms with E-state index in [1.54, 1.807) is 0 Å². The van der Waals surface area contributed by atoms with Crippen molar-refractivity contribution in [2.45, 2.75) is 65.0 Å². The lowest BCUT2D eigenvalue weighted by Crippen LogP contribution is -2.65. The summed E-state index contributed by atoms with van der Waals surface area (Å²) in [7, 11) is 0. The zero-order chi connectivity index (χ0) is 18.1. The van der Waals surface area contributed by atoms with Gasteiger partial charge in [-0.05, 0) is 63.1 Å². The first-order valence-corrected chi connectivity index (χ1v) is 11.5. The molecule has 0 atom stereocenters. The molecule has 4 rings (SSSR count). The number of piperazine rings is 1. The first kappa shape index (κ1) is 19.2. The molecule has 0 unspecified atom stereocenters. The monoisotopic (exact) mass is 362 g/mol. The summed E-state index contributed by atoms with van der Waals surface area (Å²) in [5, 5.41) is 0. The third-order valence-electron chi connectivity index (χ3n) is 7.69. The molecule has 0 aromatic heterocycles. The molecule has 0 aromatic rings. The Morgan fingerprint density at radius 3 is 2.00 bits per heavy atom. The van der Waals surface area contributed by atoms with E-state index in [1.807, 2.05) is 0 Å². The molecule has 3 saturated heterocycles. The van der Waals surface area contributed by atoms with E-state index in [4.69, 9.17) is 0 Å². The molecule has 0 aromatic carbocycles. The highest BCUT2D eigenvalue weighted by Gasteiger charge is 2.45. The molecule has 0 N–H and O–H groups in total. The molecule has 4 nitrogen and oxygen atoms in total. The Morgan fingerprint density at radius 1 is 0.808 bits per heavy atom. The first-order valence-electron chi connectivity index (χ1n) is 11.5. The highest BCUT2D eigenvalue weighted by molar-refractivity contribution is 4.98. The summed E-state index contributed by atoms with van der Waals surface area (Å²) in [5.41, 5.74) is 0.712. The van der Waals surface area contributed by atoms with E-state index in [9.17, 15) is 0 Å². The number of nitrogens with zero attached hydrogens (tertiary/aromatic N) is 4. The Labute approximate surface area is 161 Å². The predicted octanol–water partition coefficient (Wildman–Crippen LogP) is 2.60. The maximum absolute atomic E-state index is 2.80. The van der Waals surface area contributed by atoms with Crippen LogP contribution in [-0.4, -0.2) is 97.1 Å². The molecule has 4 aliphatic rings. The molecule has 150 valence electrons. The van der Waals surface area contributed by atoms with Crippen LogP contribution < -0.4 is 0 Å². The topological polar surface area (TPSA) is 13.0 Å². The Hall–Kier alpha value is -0.160. The van der Waals surface area contributed by atoms with Crippen LogP contribution in [0.4, 0.5) is 0 Å². The van der Waals surface area contributed by atoms with Gasteiger partial charge >= 0.3 is 0 Å². The molecule has 0 spiro atoms. The Balaban J connectivity index is 1.14. The fraction of sp³-hybridized carbons (Fsp3) is 1.00. The normalized spacial score (nSPS) is 30.0. The number of rotatable bonds is 7. The van der Waals surface area contributed by atoms with Crippen LogP contribution in [0.25, 0.3) is 0 Å². The Kier molecular flexibility index (Phi) is 5.95. The second-order valence-electron chi connectivity index (χ2n) is 10.2. The third kappa shape index (κ3) is 4.45. The Morgan fingerprint density at radius 2 is 1.46 bits per heavy atom. The molecule has 3 aliphatic heterocycles. The fourth-order valence-corrected chi connectivity index (χ4v) is 5.85. The van der Waals surface area contributed by atoms with Crippen molar-refractivity contribution in [2.24, 2.45) is 11.3 Å². The van der Waals surface area contributed by atoms with Gasteiger partial charge in [-0.3, -0.25) is 9.80 Å². The van der Waals surface area contributed by atoms with E-state index < -0.39 is 0 Å². The second-order valence-corrected chi connectivity index (χ2v) is 10.2. The standard InChI is InChI=1S/C22H42N4/c1-4-23-11-13-25(14-12-23)21-16-26(17-21)20-5-9-24(10-6-20)18-22(7-8-22)15-19(2)3/h19-21H,4-18H2,1-3H3. The van der Waals surface area contributed by atoms with Gasteiger partial charge in [0.05, 0.1) is 0 Å². The van der Waals surface area contributed by atoms with Gasteiger partial charge in [0.25, 0.3) is 0 Å². The number of likely N-dealkylation sites (N-methyl/N-ethyl adjacent to an activating group) is 1. The second kappa shape index (κ2) is 8.06. The zero-order valence-electron chi connectivity index (χ0n) is 17.6. The molecule has 3 heterocycles. The summed E-state index contributed by atoms with van der Waals surface area (Å²) < 4.78 is 0. The van der Waals surface area contributed by atoms with Gasteiger partial charge < -0.3 is 9.80 Å². The lowest BCUT2D eigenvalue weighted by Gasteiger charge is -2.52. The molecule has 0 amide bonds. The minimum absolute atomic E-state index is 0.712. The van der Waals surface area contributed by atoms with Gasteiger partial charge in [0.2, 0.25) is 0 Å². The molecule has 1 saturated carbocycles. The molecular formula is C22H42N4. The quantitative estimate of drug-likeness (QED) is 0.690. The maximum atomic E-state index is 2.80. The van der Waals surface area contributed by atoms with Crippen LogP contribution in [0.3, 0.4) is 0 Å². The van der Waals surface area contributed by atoms with Crippen LogP contribution >= 0.6 is 0 Å². The van der Waals surface area contributed by atoms with Crippen molar-refractivity contribution in [2.75, 3.05) is 65.4 Å². The molecule has 1 aliphatic carbocycles. The average Bonchev–Trinajstić information content (AvgIpc) is 3.34. The van der Waals surface area contributed by atoms with Crippen LogP contribution in [0.1, 0.15) is 52.9 Å². The summed E-state index contributed by atoms with van der Waals surface area (Å²) in [6.45, 7) is 20.2. The van der Waals surface area contributed by atoms with E-state index in [0.29, 0.717) is 5.41 Å². The largest absolute Gasteiger partial charge is 0.303 e. The predicted molar refractivity (Wildman–Crippen MR) is 110 cm³/mol. The summed E-state index contributed by atoms with van der Waals surface area (Å²) >= 11 is 0. The lowest BCUT2D eigenvalue weighted by atomic mass is 9.91. The minimum atomic E-state index is 0.712. The SMILES string of the molecule is CCN1CCN(C2CN(C3CCN(CC4(CC(C)C)CC4)CC3)C2)CC1. The van der Waals surface area contributed by atoms with E-state index >= 15 is 0 Å². The van der Waals surface area contributed by atoms with Gasteiger partial charge in [-0.25, -0.2) is 0 Å². The lowest BCUT2D eigenvalue weighted by molar-refractivity contribution is -0.0311. The summed E-state index contributed by atoms with van der Waals surface area (Å²) in [4.78, 5) is 11.0. The highest BCUT2D eigenvalue weighted by atomic mass is 15.4. The van der Waals surface area contributed by atoms with Gasteiger partial charge in [0, 0.05) is 57.9 Å². The number of hydrogen-bond donors (Lipinski definition) is 0. The van der Waals surface area contributed by atoms with Gasteiger partial charge in [-0.15, -0.1) is 0 Å². The third-order valence-corrected chi connectivity index (χ3v) is 7.69. The van der Waals surface area contributed by atoms with Crippen molar-refractivity contribution < 1.29 is 0 Å². The molecule has 0 radical (unpaired) electrons. The molecular weight excluding hydrogens is 320 g/mol. The average molecular weight is 363 g/mol. The van der Waals surface area contributed by atoms with Crippen LogP contribution in [0.2, 0.25) is 0 Å². The fourth-order valence-electron chi connectivity index (χ4n) is 5.85. The Bertz CT molecular complexity index is 439. The zero-order valence-corrected chi connectivity index (χ0v) is 17.6. The number of hydrogen-bond acceptors (Lipinski definition) is 4. The first-order chi connectivity index (χ1) is 12.6. The number of piperidine rings is 1. The van der Waals surface area contributed by atoms with E-state index in [-0.39, 0.29) is 0 Å². The molecule has 4 heteroatoms. The van der Waals surface area contributed by atoms with Crippen LogP contribution in [0.5, 0.6) is 0 Å². The van der Waals surface area contributed by atoms with Crippen molar-refractivity contribution in [1.82, 2.24) is 19.6 Å². The number of likely N-dealkylation sites (tertiary alicyclic amines) is 2. The van der Waals surface area contributed by atoms with Crippen molar-refractivity contribution in [3.8, 4) is 0 Å². The molecule has 0 bridgehead atoms. The summed E-state index contributed by atoms with van der Waals surface area (Å²) in [6.07, 6.45) is 7.25. The molecule has 26 heavy (non-hydrogen) atoms. The summed E-state index contributed by atoms with van der Waals surface area (Å²) in [6, 6.07) is 1.73. The van der Waals surface area contributed by atoms with Crippen LogP contribution in [0.15, 0.2) is 0 Å². The van der Waals surface area contributed by atoms with E-state index in [0.717, 1.165) is 18.0 Å². The minimum Gasteiger partial charge on any atom is -0.303 e. The highest BCUT2D eigenvalue weighted by Crippen LogP contribution is 2.51. The van der Waals surface area contributed by atoms with Crippen molar-refractivity contribution in [1.29, 1.82) is 0 Å². The maximum Gasteiger partial charge on any atom is 0.0351 e. The molecule has 4 fully saturated rings. The summed E-state index contributed by atoms with van der Waals surface area (Å²) in [5.74, 6) is 0.868. The van der Waals surface area contributed by atoms with E-state index in [2.05, 4.69) is 40.4 Å². The van der Waals surface area contributed by atoms with Gasteiger partial charge in [0.1, 0.15) is 0 Å². The van der Waals surface area contributed by atoms with Gasteiger partial charge in [-0.1, -0.05) is 20.8 Å². The van der Waals surface area contributed by atoms with Crippen molar-refractivity contribution in [3.05, 3.63) is 0 Å². The van der Waals surface area contributed by atoms with E-state index in [1.165, 1.54) is 97.6 Å². The van der Waals surface area contributed by atoms with Gasteiger partial charge in [-0.2, -0.15) is 0 Å². The van der Waals surface area contributed by atoms with Crippen molar-refractivity contribution in [3.63, 3.8) is 0 Å². The van der Waals surface area contributed by atoms with Crippen LogP contribution in [0, 0.1) is 11.3 Å². The smallest absolute Gasteiger partial charge is 0.0351 e. The van der Waals surface area contributed by atoms with Gasteiger partial charge in [0.15, 0.2) is 0 Å².